The molecule has 3 nitrogen and oxygen atoms in total. The van der Waals surface area contributed by atoms with Crippen LogP contribution < -0.4 is 0 Å². The van der Waals surface area contributed by atoms with Gasteiger partial charge in [-0.2, -0.15) is 0 Å². The monoisotopic (exact) mass is 367 g/mol. The van der Waals surface area contributed by atoms with E-state index in [2.05, 4.69) is 32.9 Å². The van der Waals surface area contributed by atoms with Crippen molar-refractivity contribution in [1.82, 2.24) is 0 Å². The minimum absolute atomic E-state index is 0.0615. The van der Waals surface area contributed by atoms with Crippen LogP contribution in [0.1, 0.15) is 74.3 Å². The van der Waals surface area contributed by atoms with Crippen LogP contribution in [0.3, 0.4) is 0 Å². The van der Waals surface area contributed by atoms with Crippen LogP contribution in [-0.4, -0.2) is 5.11 Å². The molecule has 2 aromatic rings. The lowest BCUT2D eigenvalue weighted by molar-refractivity contribution is 0.290. The largest absolute Gasteiger partial charge is 0.507 e. The van der Waals surface area contributed by atoms with Crippen molar-refractivity contribution in [1.29, 1.82) is 0 Å². The molecule has 0 aliphatic heterocycles. The summed E-state index contributed by atoms with van der Waals surface area (Å²) < 4.78 is 0. The molecule has 2 rings (SSSR count). The van der Waals surface area contributed by atoms with Crippen molar-refractivity contribution >= 4 is 5.69 Å². The zero-order valence-electron chi connectivity index (χ0n) is 17.8. The predicted octanol–water partition coefficient (Wildman–Crippen LogP) is 7.31. The average molecular weight is 368 g/mol. The quantitative estimate of drug-likeness (QED) is 0.544. The molecule has 146 valence electrons. The molecule has 1 N–H and O–H groups in total. The summed E-state index contributed by atoms with van der Waals surface area (Å²) in [5, 5.41) is 14.2. The number of aryl methyl sites for hydroxylation is 3. The van der Waals surface area contributed by atoms with Crippen LogP contribution in [0.25, 0.3) is 0 Å². The number of aromatic hydroxyl groups is 1. The smallest absolute Gasteiger partial charge is 0.122 e. The fourth-order valence-corrected chi connectivity index (χ4v) is 4.30. The van der Waals surface area contributed by atoms with Crippen LogP contribution in [0.5, 0.6) is 5.75 Å². The number of nitroso groups, excluding NO2 is 1. The van der Waals surface area contributed by atoms with Gasteiger partial charge in [0.2, 0.25) is 0 Å². The number of hydrogen-bond acceptors (Lipinski definition) is 3. The standard InChI is InChI=1S/C24H33NO2/c1-15-11-18(4)23(26)21(12-15)20(13-16(2)14-24(5,6)7)19-10-8-9-17(3)22(19)25-27/h8-12,16,20,26H,13-14H2,1-7H3. The number of benzene rings is 2. The van der Waals surface area contributed by atoms with Gasteiger partial charge in [-0.3, -0.25) is 0 Å². The highest BCUT2D eigenvalue weighted by Gasteiger charge is 2.27. The lowest BCUT2D eigenvalue weighted by atomic mass is 9.76. The van der Waals surface area contributed by atoms with Crippen molar-refractivity contribution in [2.24, 2.45) is 16.5 Å². The van der Waals surface area contributed by atoms with Gasteiger partial charge in [-0.1, -0.05) is 63.6 Å². The molecule has 2 atom stereocenters. The third kappa shape index (κ3) is 5.18. The highest BCUT2D eigenvalue weighted by Crippen LogP contribution is 2.44. The van der Waals surface area contributed by atoms with Gasteiger partial charge in [-0.15, -0.1) is 4.91 Å². The van der Waals surface area contributed by atoms with E-state index in [0.29, 0.717) is 17.4 Å². The molecule has 0 radical (unpaired) electrons. The molecule has 0 aromatic heterocycles. The third-order valence-corrected chi connectivity index (χ3v) is 5.18. The van der Waals surface area contributed by atoms with E-state index in [1.165, 1.54) is 0 Å². The van der Waals surface area contributed by atoms with Gasteiger partial charge < -0.3 is 5.11 Å². The molecule has 0 amide bonds. The Kier molecular flexibility index (Phi) is 6.46. The van der Waals surface area contributed by atoms with Gasteiger partial charge in [0.15, 0.2) is 0 Å². The van der Waals surface area contributed by atoms with E-state index in [9.17, 15) is 10.0 Å². The molecule has 27 heavy (non-hydrogen) atoms. The van der Waals surface area contributed by atoms with Crippen molar-refractivity contribution < 1.29 is 5.11 Å². The Bertz CT molecular complexity index is 818. The summed E-state index contributed by atoms with van der Waals surface area (Å²) in [6, 6.07) is 9.91. The minimum Gasteiger partial charge on any atom is -0.507 e. The van der Waals surface area contributed by atoms with E-state index in [-0.39, 0.29) is 11.3 Å². The molecule has 2 aromatic carbocycles. The summed E-state index contributed by atoms with van der Waals surface area (Å²) in [5.74, 6) is 0.704. The van der Waals surface area contributed by atoms with Gasteiger partial charge in [0, 0.05) is 11.5 Å². The van der Waals surface area contributed by atoms with Gasteiger partial charge in [-0.05, 0) is 66.8 Å². The Morgan fingerprint density at radius 3 is 2.30 bits per heavy atom. The molecule has 0 saturated heterocycles. The van der Waals surface area contributed by atoms with Crippen LogP contribution in [0.15, 0.2) is 35.5 Å². The van der Waals surface area contributed by atoms with E-state index < -0.39 is 0 Å². The predicted molar refractivity (Wildman–Crippen MR) is 114 cm³/mol. The van der Waals surface area contributed by atoms with Crippen LogP contribution >= 0.6 is 0 Å². The number of nitrogens with zero attached hydrogens (tertiary/aromatic N) is 1. The molecule has 2 unspecified atom stereocenters. The molecule has 3 heteroatoms. The summed E-state index contributed by atoms with van der Waals surface area (Å²) in [6.07, 6.45) is 1.93. The van der Waals surface area contributed by atoms with E-state index in [4.69, 9.17) is 0 Å². The zero-order chi connectivity index (χ0) is 20.4. The van der Waals surface area contributed by atoms with E-state index in [1.807, 2.05) is 51.1 Å². The number of phenolic OH excluding ortho intramolecular Hbond substituents is 1. The lowest BCUT2D eigenvalue weighted by Crippen LogP contribution is -2.15. The van der Waals surface area contributed by atoms with Gasteiger partial charge in [-0.25, -0.2) is 0 Å². The molecule has 0 saturated carbocycles. The Hall–Kier alpha value is -2.16. The van der Waals surface area contributed by atoms with Gasteiger partial charge in [0.05, 0.1) is 0 Å². The second-order valence-corrected chi connectivity index (χ2v) is 9.28. The van der Waals surface area contributed by atoms with Crippen molar-refractivity contribution in [2.45, 2.75) is 67.2 Å². The fourth-order valence-electron chi connectivity index (χ4n) is 4.30. The summed E-state index contributed by atoms with van der Waals surface area (Å²) in [4.78, 5) is 11.6. The van der Waals surface area contributed by atoms with Crippen molar-refractivity contribution in [3.05, 3.63) is 63.1 Å². The average Bonchev–Trinajstić information content (AvgIpc) is 2.54. The summed E-state index contributed by atoms with van der Waals surface area (Å²) in [5.41, 5.74) is 5.39. The fraction of sp³-hybridized carbons (Fsp3) is 0.500. The van der Waals surface area contributed by atoms with E-state index >= 15 is 0 Å². The Labute approximate surface area is 163 Å². The van der Waals surface area contributed by atoms with E-state index in [1.54, 1.807) is 0 Å². The number of rotatable bonds is 6. The maximum atomic E-state index is 11.6. The minimum atomic E-state index is -0.0615. The molecular formula is C24H33NO2. The normalized spacial score (nSPS) is 14.0. The molecule has 0 aliphatic rings. The Balaban J connectivity index is 2.60. The Morgan fingerprint density at radius 1 is 1.04 bits per heavy atom. The van der Waals surface area contributed by atoms with Crippen molar-refractivity contribution in [3.63, 3.8) is 0 Å². The zero-order valence-corrected chi connectivity index (χ0v) is 17.8. The SMILES string of the molecule is Cc1cc(C)c(O)c(C(CC(C)CC(C)(C)C)c2cccc(C)c2N=O)c1. The van der Waals surface area contributed by atoms with Gasteiger partial charge >= 0.3 is 0 Å². The first-order valence-electron chi connectivity index (χ1n) is 9.76. The van der Waals surface area contributed by atoms with Crippen molar-refractivity contribution in [2.75, 3.05) is 0 Å². The number of hydrogen-bond donors (Lipinski definition) is 1. The lowest BCUT2D eigenvalue weighted by Gasteiger charge is -2.28. The molecular weight excluding hydrogens is 334 g/mol. The topological polar surface area (TPSA) is 49.7 Å². The van der Waals surface area contributed by atoms with Crippen LogP contribution in [0, 0.1) is 37.0 Å². The second kappa shape index (κ2) is 8.24. The first-order valence-corrected chi connectivity index (χ1v) is 9.76. The summed E-state index contributed by atoms with van der Waals surface area (Å²) in [7, 11) is 0. The van der Waals surface area contributed by atoms with E-state index in [0.717, 1.165) is 40.7 Å². The summed E-state index contributed by atoms with van der Waals surface area (Å²) >= 11 is 0. The van der Waals surface area contributed by atoms with Crippen LogP contribution in [0.2, 0.25) is 0 Å². The second-order valence-electron chi connectivity index (χ2n) is 9.28. The summed E-state index contributed by atoms with van der Waals surface area (Å²) in [6.45, 7) is 14.9. The molecule has 0 heterocycles. The molecule has 0 spiro atoms. The van der Waals surface area contributed by atoms with Crippen LogP contribution in [-0.2, 0) is 0 Å². The maximum absolute atomic E-state index is 11.6. The third-order valence-electron chi connectivity index (χ3n) is 5.18. The first kappa shape index (κ1) is 21.1. The Morgan fingerprint density at radius 2 is 1.70 bits per heavy atom. The van der Waals surface area contributed by atoms with Crippen molar-refractivity contribution in [3.8, 4) is 5.75 Å². The van der Waals surface area contributed by atoms with Gasteiger partial charge in [0.1, 0.15) is 11.4 Å². The van der Waals surface area contributed by atoms with Gasteiger partial charge in [0.25, 0.3) is 0 Å². The highest BCUT2D eigenvalue weighted by molar-refractivity contribution is 5.58. The van der Waals surface area contributed by atoms with Crippen LogP contribution in [0.4, 0.5) is 5.69 Å². The molecule has 0 bridgehead atoms. The highest BCUT2D eigenvalue weighted by atomic mass is 16.3. The maximum Gasteiger partial charge on any atom is 0.122 e. The first-order chi connectivity index (χ1) is 12.5. The molecule has 0 fully saturated rings. The number of phenols is 1. The molecule has 0 aliphatic carbocycles.